The first-order valence-corrected chi connectivity index (χ1v) is 7.90. The van der Waals surface area contributed by atoms with Crippen molar-refractivity contribution in [3.63, 3.8) is 0 Å². The Bertz CT molecular complexity index is 1030. The molecule has 0 unspecified atom stereocenters. The molecule has 0 atom stereocenters. The average molecular weight is 348 g/mol. The van der Waals surface area contributed by atoms with E-state index in [1.165, 1.54) is 11.5 Å². The van der Waals surface area contributed by atoms with Crippen molar-refractivity contribution < 1.29 is 9.59 Å². The Kier molecular flexibility index (Phi) is 4.70. The fraction of sp³-hybridized carbons (Fsp3) is 0.105. The first kappa shape index (κ1) is 17.2. The van der Waals surface area contributed by atoms with Crippen molar-refractivity contribution in [2.75, 3.05) is 5.32 Å². The first-order chi connectivity index (χ1) is 12.5. The van der Waals surface area contributed by atoms with E-state index in [1.54, 1.807) is 55.7 Å². The average Bonchev–Trinajstić information content (AvgIpc) is 2.62. The molecule has 3 aromatic rings. The Morgan fingerprint density at radius 3 is 2.31 bits per heavy atom. The summed E-state index contributed by atoms with van der Waals surface area (Å²) in [6.07, 6.45) is 3.09. The van der Waals surface area contributed by atoms with Gasteiger partial charge in [0.1, 0.15) is 11.6 Å². The number of hydrogen-bond acceptors (Lipinski definition) is 5. The molecule has 0 aromatic carbocycles. The number of nitrogens with zero attached hydrogens (tertiary/aromatic N) is 3. The molecule has 0 aliphatic carbocycles. The van der Waals surface area contributed by atoms with Gasteiger partial charge in [-0.15, -0.1) is 0 Å². The van der Waals surface area contributed by atoms with Crippen LogP contribution in [0.1, 0.15) is 33.3 Å². The van der Waals surface area contributed by atoms with Crippen LogP contribution in [0.2, 0.25) is 0 Å². The fourth-order valence-corrected chi connectivity index (χ4v) is 2.68. The Labute approximate surface area is 149 Å². The molecule has 0 fully saturated rings. The van der Waals surface area contributed by atoms with Crippen molar-refractivity contribution in [1.82, 2.24) is 14.5 Å². The lowest BCUT2D eigenvalue weighted by Crippen LogP contribution is -2.28. The zero-order chi connectivity index (χ0) is 18.7. The molecule has 7 heteroatoms. The number of nitrogens with one attached hydrogen (secondary N) is 1. The van der Waals surface area contributed by atoms with Crippen molar-refractivity contribution in [3.8, 4) is 5.82 Å². The number of amides is 1. The van der Waals surface area contributed by atoms with Gasteiger partial charge in [0.15, 0.2) is 5.78 Å². The molecule has 1 amide bonds. The second kappa shape index (κ2) is 7.10. The van der Waals surface area contributed by atoms with Gasteiger partial charge in [-0.25, -0.2) is 9.97 Å². The monoisotopic (exact) mass is 348 g/mol. The van der Waals surface area contributed by atoms with Crippen LogP contribution in [0.5, 0.6) is 0 Å². The molecule has 26 heavy (non-hydrogen) atoms. The zero-order valence-corrected chi connectivity index (χ0v) is 14.3. The Hall–Kier alpha value is -3.61. The van der Waals surface area contributed by atoms with Crippen molar-refractivity contribution in [2.24, 2.45) is 0 Å². The second-order valence-corrected chi connectivity index (χ2v) is 5.61. The minimum absolute atomic E-state index is 0.0631. The van der Waals surface area contributed by atoms with Crippen LogP contribution in [0.25, 0.3) is 5.82 Å². The maximum atomic E-state index is 12.8. The minimum atomic E-state index is -0.518. The molecule has 1 N–H and O–H groups in total. The number of hydrogen-bond donors (Lipinski definition) is 1. The van der Waals surface area contributed by atoms with E-state index in [0.717, 1.165) is 6.07 Å². The van der Waals surface area contributed by atoms with Crippen LogP contribution < -0.4 is 10.9 Å². The molecular formula is C19H16N4O3. The molecule has 0 radical (unpaired) electrons. The summed E-state index contributed by atoms with van der Waals surface area (Å²) in [4.78, 5) is 45.6. The van der Waals surface area contributed by atoms with Crippen LogP contribution in [0, 0.1) is 6.92 Å². The van der Waals surface area contributed by atoms with E-state index in [9.17, 15) is 14.4 Å². The maximum Gasteiger partial charge on any atom is 0.259 e. The molecule has 0 aliphatic rings. The zero-order valence-electron chi connectivity index (χ0n) is 14.3. The number of anilines is 1. The molecule has 7 nitrogen and oxygen atoms in total. The van der Waals surface area contributed by atoms with Gasteiger partial charge in [-0.3, -0.25) is 19.0 Å². The summed E-state index contributed by atoms with van der Waals surface area (Å²) in [5, 5.41) is 2.65. The number of carbonyl (C=O) groups is 2. The summed E-state index contributed by atoms with van der Waals surface area (Å²) >= 11 is 0. The largest absolute Gasteiger partial charge is 0.306 e. The van der Waals surface area contributed by atoms with Crippen molar-refractivity contribution in [1.29, 1.82) is 0 Å². The molecule has 3 aromatic heterocycles. The van der Waals surface area contributed by atoms with Crippen LogP contribution in [0.15, 0.2) is 59.7 Å². The van der Waals surface area contributed by atoms with Crippen LogP contribution >= 0.6 is 0 Å². The molecular weight excluding hydrogens is 332 g/mol. The number of carbonyl (C=O) groups excluding carboxylic acids is 2. The first-order valence-electron chi connectivity index (χ1n) is 7.90. The third-order valence-corrected chi connectivity index (χ3v) is 3.85. The molecule has 0 saturated carbocycles. The van der Waals surface area contributed by atoms with E-state index in [-0.39, 0.29) is 16.9 Å². The molecule has 0 bridgehead atoms. The summed E-state index contributed by atoms with van der Waals surface area (Å²) in [6.45, 7) is 2.92. The summed E-state index contributed by atoms with van der Waals surface area (Å²) < 4.78 is 1.31. The Morgan fingerprint density at radius 2 is 1.73 bits per heavy atom. The van der Waals surface area contributed by atoms with Crippen LogP contribution in [-0.2, 0) is 0 Å². The predicted molar refractivity (Wildman–Crippen MR) is 96.8 cm³/mol. The summed E-state index contributed by atoms with van der Waals surface area (Å²) in [5.41, 5.74) is 0.0807. The standard InChI is InChI=1S/C19H16N4O3/c1-12-18(19(26)22-15-7-3-5-9-20-15)14(13(2)24)11-17(25)23(12)16-8-4-6-10-21-16/h3-11H,1-2H3,(H,20,22,26). The highest BCUT2D eigenvalue weighted by molar-refractivity contribution is 6.12. The number of Topliss-reactive ketones (excluding diaryl/α,β-unsaturated/α-hetero) is 1. The number of aromatic nitrogens is 3. The Morgan fingerprint density at radius 1 is 1.04 bits per heavy atom. The van der Waals surface area contributed by atoms with Gasteiger partial charge in [0.05, 0.1) is 5.56 Å². The quantitative estimate of drug-likeness (QED) is 0.731. The highest BCUT2D eigenvalue weighted by Gasteiger charge is 2.22. The molecule has 0 spiro atoms. The molecule has 130 valence electrons. The van der Waals surface area contributed by atoms with E-state index >= 15 is 0 Å². The normalized spacial score (nSPS) is 10.4. The molecule has 3 heterocycles. The van der Waals surface area contributed by atoms with Gasteiger partial charge in [-0.2, -0.15) is 0 Å². The number of ketones is 1. The van der Waals surface area contributed by atoms with E-state index in [1.807, 2.05) is 0 Å². The van der Waals surface area contributed by atoms with Gasteiger partial charge >= 0.3 is 0 Å². The van der Waals surface area contributed by atoms with Gasteiger partial charge in [0.2, 0.25) is 0 Å². The van der Waals surface area contributed by atoms with Crippen molar-refractivity contribution in [2.45, 2.75) is 13.8 Å². The van der Waals surface area contributed by atoms with Gasteiger partial charge < -0.3 is 5.32 Å². The minimum Gasteiger partial charge on any atom is -0.306 e. The van der Waals surface area contributed by atoms with Crippen LogP contribution in [0.3, 0.4) is 0 Å². The topological polar surface area (TPSA) is 94.0 Å². The maximum absolute atomic E-state index is 12.8. The van der Waals surface area contributed by atoms with Crippen LogP contribution in [-0.4, -0.2) is 26.2 Å². The van der Waals surface area contributed by atoms with E-state index < -0.39 is 11.5 Å². The lowest BCUT2D eigenvalue weighted by Gasteiger charge is -2.16. The van der Waals surface area contributed by atoms with Crippen molar-refractivity contribution >= 4 is 17.5 Å². The van der Waals surface area contributed by atoms with Crippen molar-refractivity contribution in [3.05, 3.63) is 82.0 Å². The lowest BCUT2D eigenvalue weighted by atomic mass is 10.0. The Balaban J connectivity index is 2.18. The summed E-state index contributed by atoms with van der Waals surface area (Å²) in [5.74, 6) is -0.167. The smallest absolute Gasteiger partial charge is 0.259 e. The highest BCUT2D eigenvalue weighted by atomic mass is 16.2. The van der Waals surface area contributed by atoms with Gasteiger partial charge in [-0.05, 0) is 38.1 Å². The third-order valence-electron chi connectivity index (χ3n) is 3.85. The predicted octanol–water partition coefficient (Wildman–Crippen LogP) is 2.39. The van der Waals surface area contributed by atoms with Gasteiger partial charge in [0, 0.05) is 29.7 Å². The van der Waals surface area contributed by atoms with Gasteiger partial charge in [0.25, 0.3) is 11.5 Å². The molecule has 0 aliphatic heterocycles. The number of rotatable bonds is 4. The van der Waals surface area contributed by atoms with Crippen LogP contribution in [0.4, 0.5) is 5.82 Å². The van der Waals surface area contributed by atoms with E-state index in [0.29, 0.717) is 17.3 Å². The SMILES string of the molecule is CC(=O)c1cc(=O)n(-c2ccccn2)c(C)c1C(=O)Nc1ccccn1. The second-order valence-electron chi connectivity index (χ2n) is 5.61. The molecule has 0 saturated heterocycles. The lowest BCUT2D eigenvalue weighted by molar-refractivity contribution is 0.0983. The van der Waals surface area contributed by atoms with Gasteiger partial charge in [-0.1, -0.05) is 12.1 Å². The summed E-state index contributed by atoms with van der Waals surface area (Å²) in [7, 11) is 0. The highest BCUT2D eigenvalue weighted by Crippen LogP contribution is 2.17. The summed E-state index contributed by atoms with van der Waals surface area (Å²) in [6, 6.07) is 11.4. The molecule has 3 rings (SSSR count). The van der Waals surface area contributed by atoms with E-state index in [2.05, 4.69) is 15.3 Å². The fourth-order valence-electron chi connectivity index (χ4n) is 2.68. The number of pyridine rings is 3. The third kappa shape index (κ3) is 3.27. The van der Waals surface area contributed by atoms with E-state index in [4.69, 9.17) is 0 Å².